The van der Waals surface area contributed by atoms with Crippen LogP contribution in [0.5, 0.6) is 0 Å². The minimum atomic E-state index is -0.704. The van der Waals surface area contributed by atoms with Crippen LogP contribution in [-0.4, -0.2) is 29.3 Å². The molecule has 0 saturated heterocycles. The van der Waals surface area contributed by atoms with Crippen LogP contribution in [0.2, 0.25) is 5.02 Å². The quantitative estimate of drug-likeness (QED) is 0.420. The molecular weight excluding hydrogens is 451 g/mol. The number of amides is 2. The van der Waals surface area contributed by atoms with E-state index in [0.717, 1.165) is 11.1 Å². The molecular formula is C28H30ClFN2O2. The van der Waals surface area contributed by atoms with Gasteiger partial charge in [-0.25, -0.2) is 4.39 Å². The molecule has 0 aliphatic heterocycles. The van der Waals surface area contributed by atoms with Crippen LogP contribution in [0.4, 0.5) is 4.39 Å². The number of carbonyl (C=O) groups excluding carboxylic acids is 2. The summed E-state index contributed by atoms with van der Waals surface area (Å²) in [5, 5.41) is 3.60. The van der Waals surface area contributed by atoms with Gasteiger partial charge in [-0.15, -0.1) is 0 Å². The first-order valence-electron chi connectivity index (χ1n) is 11.4. The molecule has 0 saturated carbocycles. The maximum atomic E-state index is 13.6. The lowest BCUT2D eigenvalue weighted by molar-refractivity contribution is -0.140. The molecule has 0 aliphatic rings. The molecule has 2 amide bonds. The maximum Gasteiger partial charge on any atom is 0.243 e. The number of hydrogen-bond acceptors (Lipinski definition) is 2. The average molecular weight is 481 g/mol. The molecule has 4 nitrogen and oxygen atoms in total. The van der Waals surface area contributed by atoms with Crippen molar-refractivity contribution < 1.29 is 14.0 Å². The van der Waals surface area contributed by atoms with E-state index in [1.807, 2.05) is 56.3 Å². The minimum Gasteiger partial charge on any atom is -0.354 e. The van der Waals surface area contributed by atoms with Crippen LogP contribution in [0.3, 0.4) is 0 Å². The molecule has 0 spiro atoms. The number of nitrogens with zero attached hydrogens (tertiary/aromatic N) is 1. The van der Waals surface area contributed by atoms with Crippen molar-refractivity contribution in [1.29, 1.82) is 0 Å². The van der Waals surface area contributed by atoms with Gasteiger partial charge in [0.05, 0.1) is 6.42 Å². The molecule has 0 fully saturated rings. The van der Waals surface area contributed by atoms with Crippen LogP contribution in [-0.2, 0) is 29.0 Å². The lowest BCUT2D eigenvalue weighted by atomic mass is 10.0. The fourth-order valence-electron chi connectivity index (χ4n) is 3.64. The highest BCUT2D eigenvalue weighted by atomic mass is 35.5. The Kier molecular flexibility index (Phi) is 9.23. The summed E-state index contributed by atoms with van der Waals surface area (Å²) in [5.74, 6) is -0.480. The third-order valence-corrected chi connectivity index (χ3v) is 5.74. The van der Waals surface area contributed by atoms with Crippen LogP contribution < -0.4 is 5.32 Å². The van der Waals surface area contributed by atoms with Gasteiger partial charge in [-0.05, 0) is 46.9 Å². The highest BCUT2D eigenvalue weighted by Crippen LogP contribution is 2.18. The van der Waals surface area contributed by atoms with E-state index < -0.39 is 6.04 Å². The van der Waals surface area contributed by atoms with Crippen molar-refractivity contribution in [3.63, 3.8) is 0 Å². The Hall–Kier alpha value is -3.18. The molecule has 0 bridgehead atoms. The van der Waals surface area contributed by atoms with Crippen molar-refractivity contribution in [2.24, 2.45) is 5.92 Å². The molecule has 3 aromatic carbocycles. The maximum absolute atomic E-state index is 13.6. The highest BCUT2D eigenvalue weighted by molar-refractivity contribution is 6.30. The first kappa shape index (κ1) is 25.4. The van der Waals surface area contributed by atoms with Gasteiger partial charge in [0.2, 0.25) is 11.8 Å². The summed E-state index contributed by atoms with van der Waals surface area (Å²) in [4.78, 5) is 28.6. The number of halogens is 2. The summed E-state index contributed by atoms with van der Waals surface area (Å²) in [7, 11) is 0. The molecule has 3 rings (SSSR count). The Morgan fingerprint density at radius 3 is 2.12 bits per heavy atom. The van der Waals surface area contributed by atoms with Crippen LogP contribution >= 0.6 is 11.6 Å². The topological polar surface area (TPSA) is 49.4 Å². The lowest BCUT2D eigenvalue weighted by Crippen LogP contribution is -2.51. The van der Waals surface area contributed by atoms with E-state index in [4.69, 9.17) is 11.6 Å². The van der Waals surface area contributed by atoms with Crippen molar-refractivity contribution in [3.05, 3.63) is 106 Å². The second kappa shape index (κ2) is 12.3. The van der Waals surface area contributed by atoms with Gasteiger partial charge in [0.15, 0.2) is 0 Å². The predicted octanol–water partition coefficient (Wildman–Crippen LogP) is 5.43. The summed E-state index contributed by atoms with van der Waals surface area (Å²) in [6.45, 7) is 4.82. The molecule has 0 unspecified atom stereocenters. The second-order valence-electron chi connectivity index (χ2n) is 8.80. The lowest BCUT2D eigenvalue weighted by Gasteiger charge is -2.32. The smallest absolute Gasteiger partial charge is 0.243 e. The average Bonchev–Trinajstić information content (AvgIpc) is 2.83. The molecule has 1 atom stereocenters. The molecule has 1 N–H and O–H groups in total. The van der Waals surface area contributed by atoms with Gasteiger partial charge in [0.25, 0.3) is 0 Å². The predicted molar refractivity (Wildman–Crippen MR) is 134 cm³/mol. The number of rotatable bonds is 10. The fraction of sp³-hybridized carbons (Fsp3) is 0.286. The van der Waals surface area contributed by atoms with Gasteiger partial charge in [-0.1, -0.05) is 80.0 Å². The number of benzene rings is 3. The third kappa shape index (κ3) is 7.70. The molecule has 0 aromatic heterocycles. The molecule has 6 heteroatoms. The Labute approximate surface area is 205 Å². The van der Waals surface area contributed by atoms with E-state index in [1.54, 1.807) is 29.2 Å². The van der Waals surface area contributed by atoms with E-state index in [9.17, 15) is 14.0 Å². The summed E-state index contributed by atoms with van der Waals surface area (Å²) in [6.07, 6.45) is 0.449. The zero-order valence-corrected chi connectivity index (χ0v) is 20.3. The van der Waals surface area contributed by atoms with E-state index in [2.05, 4.69) is 5.32 Å². The Morgan fingerprint density at radius 2 is 1.50 bits per heavy atom. The Balaban J connectivity index is 1.93. The van der Waals surface area contributed by atoms with Gasteiger partial charge in [0, 0.05) is 24.5 Å². The standard InChI is InChI=1S/C28H30ClFN2O2/c1-20(2)18-31-28(34)26(16-21-6-4-3-5-7-21)32(19-23-8-12-24(29)13-9-23)27(33)17-22-10-14-25(30)15-11-22/h3-15,20,26H,16-19H2,1-2H3,(H,31,34)/t26-/m0/s1. The van der Waals surface area contributed by atoms with Crippen LogP contribution in [0.1, 0.15) is 30.5 Å². The number of nitrogens with one attached hydrogen (secondary N) is 1. The van der Waals surface area contributed by atoms with Gasteiger partial charge in [-0.2, -0.15) is 0 Å². The highest BCUT2D eigenvalue weighted by Gasteiger charge is 2.30. The molecule has 178 valence electrons. The van der Waals surface area contributed by atoms with Crippen molar-refractivity contribution >= 4 is 23.4 Å². The molecule has 0 heterocycles. The largest absolute Gasteiger partial charge is 0.354 e. The zero-order chi connectivity index (χ0) is 24.5. The van der Waals surface area contributed by atoms with Crippen LogP contribution in [0, 0.1) is 11.7 Å². The fourth-order valence-corrected chi connectivity index (χ4v) is 3.77. The van der Waals surface area contributed by atoms with Gasteiger partial charge < -0.3 is 10.2 Å². The first-order chi connectivity index (χ1) is 16.3. The molecule has 0 radical (unpaired) electrons. The molecule has 0 aliphatic carbocycles. The minimum absolute atomic E-state index is 0.0661. The van der Waals surface area contributed by atoms with Gasteiger partial charge in [0.1, 0.15) is 11.9 Å². The van der Waals surface area contributed by atoms with Crippen LogP contribution in [0.25, 0.3) is 0 Å². The summed E-state index contributed by atoms with van der Waals surface area (Å²) >= 11 is 6.05. The van der Waals surface area contributed by atoms with E-state index in [0.29, 0.717) is 23.6 Å². The van der Waals surface area contributed by atoms with E-state index in [1.165, 1.54) is 12.1 Å². The monoisotopic (exact) mass is 480 g/mol. The Bertz CT molecular complexity index is 1070. The van der Waals surface area contributed by atoms with E-state index >= 15 is 0 Å². The number of carbonyl (C=O) groups is 2. The summed E-state index contributed by atoms with van der Waals surface area (Å²) in [6, 6.07) is 22.1. The third-order valence-electron chi connectivity index (χ3n) is 5.49. The number of hydrogen-bond donors (Lipinski definition) is 1. The van der Waals surface area contributed by atoms with Gasteiger partial charge >= 0.3 is 0 Å². The van der Waals surface area contributed by atoms with Crippen molar-refractivity contribution in [3.8, 4) is 0 Å². The zero-order valence-electron chi connectivity index (χ0n) is 19.5. The normalized spacial score (nSPS) is 11.8. The Morgan fingerprint density at radius 1 is 0.882 bits per heavy atom. The van der Waals surface area contributed by atoms with E-state index in [-0.39, 0.29) is 36.5 Å². The second-order valence-corrected chi connectivity index (χ2v) is 9.23. The summed E-state index contributed by atoms with van der Waals surface area (Å²) in [5.41, 5.74) is 2.52. The SMILES string of the molecule is CC(C)CNC(=O)[C@H](Cc1ccccc1)N(Cc1ccc(Cl)cc1)C(=O)Cc1ccc(F)cc1. The van der Waals surface area contributed by atoms with Crippen molar-refractivity contribution in [2.75, 3.05) is 6.54 Å². The molecule has 34 heavy (non-hydrogen) atoms. The summed E-state index contributed by atoms with van der Waals surface area (Å²) < 4.78 is 13.4. The van der Waals surface area contributed by atoms with Crippen molar-refractivity contribution in [2.45, 2.75) is 39.3 Å². The first-order valence-corrected chi connectivity index (χ1v) is 11.8. The van der Waals surface area contributed by atoms with Crippen molar-refractivity contribution in [1.82, 2.24) is 10.2 Å². The molecule has 3 aromatic rings. The van der Waals surface area contributed by atoms with Crippen LogP contribution in [0.15, 0.2) is 78.9 Å². The van der Waals surface area contributed by atoms with Gasteiger partial charge in [-0.3, -0.25) is 9.59 Å².